The molecule has 3 rings (SSSR count). The summed E-state index contributed by atoms with van der Waals surface area (Å²) in [4.78, 5) is 27.4. The molecule has 4 heteroatoms. The van der Waals surface area contributed by atoms with E-state index in [0.717, 1.165) is 51.5 Å². The van der Waals surface area contributed by atoms with Crippen LogP contribution in [0.15, 0.2) is 0 Å². The van der Waals surface area contributed by atoms with Crippen molar-refractivity contribution in [2.45, 2.75) is 70.4 Å². The minimum Gasteiger partial charge on any atom is -0.340 e. The fraction of sp³-hybridized carbons (Fsp3) is 0.875. The highest BCUT2D eigenvalue weighted by molar-refractivity contribution is 6.00. The van der Waals surface area contributed by atoms with Gasteiger partial charge in [-0.15, -0.1) is 0 Å². The van der Waals surface area contributed by atoms with Crippen molar-refractivity contribution < 1.29 is 9.59 Å². The average molecular weight is 278 g/mol. The highest BCUT2D eigenvalue weighted by Crippen LogP contribution is 2.41. The summed E-state index contributed by atoms with van der Waals surface area (Å²) in [6.07, 6.45) is 6.93. The average Bonchev–Trinajstić information content (AvgIpc) is 3.11. The molecule has 3 fully saturated rings. The Bertz CT molecular complexity index is 409. The SMILES string of the molecule is CC(C)CCN1C(=O)C2(CCCC2)NC(=O)C1C1CC1. The molecule has 4 nitrogen and oxygen atoms in total. The summed E-state index contributed by atoms with van der Waals surface area (Å²) < 4.78 is 0. The Kier molecular flexibility index (Phi) is 3.51. The number of nitrogens with one attached hydrogen (secondary N) is 1. The van der Waals surface area contributed by atoms with Crippen LogP contribution in [0.25, 0.3) is 0 Å². The van der Waals surface area contributed by atoms with Gasteiger partial charge in [0.25, 0.3) is 0 Å². The Morgan fingerprint density at radius 1 is 1.25 bits per heavy atom. The molecule has 0 aromatic heterocycles. The van der Waals surface area contributed by atoms with E-state index in [9.17, 15) is 9.59 Å². The molecule has 20 heavy (non-hydrogen) atoms. The molecule has 0 aromatic carbocycles. The third-order valence-electron chi connectivity index (χ3n) is 5.11. The van der Waals surface area contributed by atoms with E-state index in [1.165, 1.54) is 0 Å². The second kappa shape index (κ2) is 5.05. The number of rotatable bonds is 4. The molecule has 0 radical (unpaired) electrons. The Hall–Kier alpha value is -1.06. The van der Waals surface area contributed by atoms with Crippen molar-refractivity contribution in [1.29, 1.82) is 0 Å². The van der Waals surface area contributed by atoms with Crippen molar-refractivity contribution in [3.63, 3.8) is 0 Å². The van der Waals surface area contributed by atoms with Crippen LogP contribution in [0.2, 0.25) is 0 Å². The minimum absolute atomic E-state index is 0.109. The Morgan fingerprint density at radius 2 is 1.90 bits per heavy atom. The lowest BCUT2D eigenvalue weighted by Gasteiger charge is -2.45. The number of nitrogens with zero attached hydrogens (tertiary/aromatic N) is 1. The Balaban J connectivity index is 1.82. The zero-order valence-corrected chi connectivity index (χ0v) is 12.7. The van der Waals surface area contributed by atoms with Gasteiger partial charge in [-0.05, 0) is 43.9 Å². The lowest BCUT2D eigenvalue weighted by molar-refractivity contribution is -0.156. The Labute approximate surface area is 121 Å². The molecule has 1 atom stereocenters. The summed E-state index contributed by atoms with van der Waals surface area (Å²) in [6.45, 7) is 5.09. The van der Waals surface area contributed by atoms with Gasteiger partial charge >= 0.3 is 0 Å². The lowest BCUT2D eigenvalue weighted by Crippen LogP contribution is -2.70. The summed E-state index contributed by atoms with van der Waals surface area (Å²) in [5.74, 6) is 1.28. The molecule has 2 aliphatic carbocycles. The van der Waals surface area contributed by atoms with Crippen LogP contribution in [0, 0.1) is 11.8 Å². The molecule has 1 saturated heterocycles. The van der Waals surface area contributed by atoms with E-state index in [-0.39, 0.29) is 17.9 Å². The van der Waals surface area contributed by atoms with Crippen LogP contribution in [0.5, 0.6) is 0 Å². The number of amides is 2. The maximum atomic E-state index is 13.0. The first kappa shape index (κ1) is 13.9. The van der Waals surface area contributed by atoms with Gasteiger partial charge in [0.1, 0.15) is 11.6 Å². The Morgan fingerprint density at radius 3 is 2.45 bits per heavy atom. The molecule has 1 unspecified atom stereocenters. The predicted molar refractivity (Wildman–Crippen MR) is 77.0 cm³/mol. The van der Waals surface area contributed by atoms with E-state index < -0.39 is 5.54 Å². The number of hydrogen-bond donors (Lipinski definition) is 1. The molecule has 2 amide bonds. The molecule has 112 valence electrons. The molecule has 2 saturated carbocycles. The standard InChI is InChI=1S/C16H26N2O2/c1-11(2)7-10-18-13(12-5-6-12)14(19)17-16(15(18)20)8-3-4-9-16/h11-13H,3-10H2,1-2H3,(H,17,19). The molecule has 1 aliphatic heterocycles. The maximum Gasteiger partial charge on any atom is 0.249 e. The highest BCUT2D eigenvalue weighted by atomic mass is 16.2. The molecule has 1 N–H and O–H groups in total. The van der Waals surface area contributed by atoms with Gasteiger partial charge in [-0.25, -0.2) is 0 Å². The summed E-state index contributed by atoms with van der Waals surface area (Å²) in [5, 5.41) is 3.10. The van der Waals surface area contributed by atoms with Crippen LogP contribution in [0.1, 0.15) is 58.8 Å². The zero-order chi connectivity index (χ0) is 14.3. The molecule has 0 bridgehead atoms. The van der Waals surface area contributed by atoms with E-state index in [2.05, 4.69) is 19.2 Å². The van der Waals surface area contributed by atoms with E-state index in [0.29, 0.717) is 11.8 Å². The van der Waals surface area contributed by atoms with Crippen molar-refractivity contribution in [3.8, 4) is 0 Å². The monoisotopic (exact) mass is 278 g/mol. The van der Waals surface area contributed by atoms with Gasteiger partial charge in [0.2, 0.25) is 11.8 Å². The van der Waals surface area contributed by atoms with E-state index in [1.807, 2.05) is 4.90 Å². The van der Waals surface area contributed by atoms with Gasteiger partial charge < -0.3 is 10.2 Å². The lowest BCUT2D eigenvalue weighted by atomic mass is 9.89. The summed E-state index contributed by atoms with van der Waals surface area (Å²) in [5.41, 5.74) is -0.556. The molecule has 1 heterocycles. The van der Waals surface area contributed by atoms with Crippen LogP contribution in [0.4, 0.5) is 0 Å². The van der Waals surface area contributed by atoms with Crippen LogP contribution in [0.3, 0.4) is 0 Å². The van der Waals surface area contributed by atoms with Crippen LogP contribution < -0.4 is 5.32 Å². The van der Waals surface area contributed by atoms with Crippen molar-refractivity contribution in [2.75, 3.05) is 6.54 Å². The smallest absolute Gasteiger partial charge is 0.249 e. The molecule has 1 spiro atoms. The van der Waals surface area contributed by atoms with Crippen molar-refractivity contribution >= 4 is 11.8 Å². The fourth-order valence-electron chi connectivity index (χ4n) is 3.74. The van der Waals surface area contributed by atoms with E-state index in [1.54, 1.807) is 0 Å². The van der Waals surface area contributed by atoms with Gasteiger partial charge in [-0.2, -0.15) is 0 Å². The van der Waals surface area contributed by atoms with Gasteiger partial charge in [0.05, 0.1) is 0 Å². The molecular weight excluding hydrogens is 252 g/mol. The van der Waals surface area contributed by atoms with Crippen LogP contribution in [-0.2, 0) is 9.59 Å². The van der Waals surface area contributed by atoms with Crippen LogP contribution >= 0.6 is 0 Å². The number of carbonyl (C=O) groups is 2. The van der Waals surface area contributed by atoms with Crippen molar-refractivity contribution in [3.05, 3.63) is 0 Å². The minimum atomic E-state index is -0.556. The maximum absolute atomic E-state index is 13.0. The van der Waals surface area contributed by atoms with Crippen molar-refractivity contribution in [2.24, 2.45) is 11.8 Å². The zero-order valence-electron chi connectivity index (χ0n) is 12.7. The summed E-state index contributed by atoms with van der Waals surface area (Å²) in [6, 6.07) is -0.188. The van der Waals surface area contributed by atoms with Gasteiger partial charge in [-0.3, -0.25) is 9.59 Å². The van der Waals surface area contributed by atoms with Gasteiger partial charge in [0.15, 0.2) is 0 Å². The van der Waals surface area contributed by atoms with Crippen LogP contribution in [-0.4, -0.2) is 34.8 Å². The molecule has 3 aliphatic rings. The predicted octanol–water partition coefficient (Wildman–Crippen LogP) is 2.08. The van der Waals surface area contributed by atoms with Crippen molar-refractivity contribution in [1.82, 2.24) is 10.2 Å². The third-order valence-corrected chi connectivity index (χ3v) is 5.11. The topological polar surface area (TPSA) is 49.4 Å². The number of carbonyl (C=O) groups excluding carboxylic acids is 2. The quantitative estimate of drug-likeness (QED) is 0.856. The molecule has 0 aromatic rings. The summed E-state index contributed by atoms with van der Waals surface area (Å²) in [7, 11) is 0. The van der Waals surface area contributed by atoms with E-state index in [4.69, 9.17) is 0 Å². The first-order valence-corrected chi connectivity index (χ1v) is 8.16. The number of hydrogen-bond acceptors (Lipinski definition) is 2. The first-order chi connectivity index (χ1) is 9.53. The largest absolute Gasteiger partial charge is 0.340 e. The normalized spacial score (nSPS) is 29.4. The fourth-order valence-corrected chi connectivity index (χ4v) is 3.74. The van der Waals surface area contributed by atoms with Gasteiger partial charge in [0, 0.05) is 6.54 Å². The number of piperazine rings is 1. The second-order valence-corrected chi connectivity index (χ2v) is 7.24. The van der Waals surface area contributed by atoms with E-state index >= 15 is 0 Å². The highest BCUT2D eigenvalue weighted by Gasteiger charge is 2.55. The molecular formula is C16H26N2O2. The first-order valence-electron chi connectivity index (χ1n) is 8.16. The summed E-state index contributed by atoms with van der Waals surface area (Å²) >= 11 is 0. The van der Waals surface area contributed by atoms with Gasteiger partial charge in [-0.1, -0.05) is 26.7 Å². The third kappa shape index (κ3) is 2.33. The second-order valence-electron chi connectivity index (χ2n) is 7.24.